The number of nitrogens with two attached hydrogens (primary N) is 1. The zero-order chi connectivity index (χ0) is 17.7. The highest BCUT2D eigenvalue weighted by atomic mass is 16.7. The number of fused-ring (bicyclic) bond motifs is 2. The van der Waals surface area contributed by atoms with Gasteiger partial charge in [0.25, 0.3) is 0 Å². The van der Waals surface area contributed by atoms with E-state index < -0.39 is 0 Å². The zero-order valence-corrected chi connectivity index (χ0v) is 14.3. The van der Waals surface area contributed by atoms with Crippen molar-refractivity contribution in [3.8, 4) is 22.8 Å². The predicted octanol–water partition coefficient (Wildman–Crippen LogP) is 1.18. The molecule has 0 saturated carbocycles. The Morgan fingerprint density at radius 2 is 1.88 bits per heavy atom. The number of nitrogen functional groups attached to an aromatic ring is 1. The van der Waals surface area contributed by atoms with E-state index in [1.54, 1.807) is 11.7 Å². The molecule has 4 heterocycles. The Hall–Kier alpha value is -3.07. The molecule has 5 rings (SSSR count). The molecule has 2 aliphatic rings. The normalized spacial score (nSPS) is 16.4. The Balaban J connectivity index is 1.71. The van der Waals surface area contributed by atoms with Crippen LogP contribution in [0.2, 0.25) is 0 Å². The Morgan fingerprint density at radius 3 is 2.73 bits per heavy atom. The van der Waals surface area contributed by atoms with Crippen molar-refractivity contribution >= 4 is 22.8 Å². The summed E-state index contributed by atoms with van der Waals surface area (Å²) < 4.78 is 18.0. The highest BCUT2D eigenvalue weighted by Gasteiger charge is 2.22. The average molecular weight is 354 g/mol. The van der Waals surface area contributed by atoms with Crippen LogP contribution in [0.3, 0.4) is 0 Å². The summed E-state index contributed by atoms with van der Waals surface area (Å²) in [6.07, 6.45) is 0. The van der Waals surface area contributed by atoms with E-state index in [1.807, 2.05) is 18.2 Å². The molecule has 0 aliphatic carbocycles. The minimum absolute atomic E-state index is 0.228. The molecule has 1 saturated heterocycles. The van der Waals surface area contributed by atoms with E-state index in [2.05, 4.69) is 15.0 Å². The summed E-state index contributed by atoms with van der Waals surface area (Å²) >= 11 is 0. The molecule has 0 radical (unpaired) electrons. The average Bonchev–Trinajstić information content (AvgIpc) is 3.25. The number of benzene rings is 1. The lowest BCUT2D eigenvalue weighted by Gasteiger charge is -2.27. The minimum Gasteiger partial charge on any atom is -0.454 e. The zero-order valence-electron chi connectivity index (χ0n) is 14.3. The molecule has 9 heteroatoms. The number of morpholine rings is 1. The van der Waals surface area contributed by atoms with Gasteiger partial charge in [0.05, 0.1) is 24.3 Å². The summed E-state index contributed by atoms with van der Waals surface area (Å²) in [4.78, 5) is 11.6. The molecule has 9 nitrogen and oxygen atoms in total. The third-order valence-corrected chi connectivity index (χ3v) is 4.67. The van der Waals surface area contributed by atoms with Crippen molar-refractivity contribution < 1.29 is 14.2 Å². The largest absolute Gasteiger partial charge is 0.454 e. The first-order valence-electron chi connectivity index (χ1n) is 8.43. The van der Waals surface area contributed by atoms with Crippen LogP contribution in [0.5, 0.6) is 11.5 Å². The molecule has 1 aromatic carbocycles. The first-order chi connectivity index (χ1) is 12.7. The van der Waals surface area contributed by atoms with Crippen LogP contribution in [0, 0.1) is 0 Å². The second-order valence-electron chi connectivity index (χ2n) is 6.25. The first-order valence-corrected chi connectivity index (χ1v) is 8.43. The van der Waals surface area contributed by atoms with Crippen LogP contribution in [0.4, 0.5) is 11.8 Å². The van der Waals surface area contributed by atoms with E-state index in [0.29, 0.717) is 36.4 Å². The molecule has 3 aromatic rings. The summed E-state index contributed by atoms with van der Waals surface area (Å²) in [6.45, 7) is 3.03. The third-order valence-electron chi connectivity index (χ3n) is 4.67. The highest BCUT2D eigenvalue weighted by Crippen LogP contribution is 2.38. The van der Waals surface area contributed by atoms with Crippen molar-refractivity contribution in [2.24, 2.45) is 7.05 Å². The Bertz CT molecular complexity index is 996. The van der Waals surface area contributed by atoms with Crippen LogP contribution in [-0.4, -0.2) is 52.8 Å². The van der Waals surface area contributed by atoms with Crippen molar-refractivity contribution in [3.05, 3.63) is 18.2 Å². The topological polar surface area (TPSA) is 101 Å². The summed E-state index contributed by atoms with van der Waals surface area (Å²) in [7, 11) is 1.80. The maximum absolute atomic E-state index is 6.25. The van der Waals surface area contributed by atoms with Crippen LogP contribution in [0.15, 0.2) is 18.2 Å². The molecule has 1 fully saturated rings. The van der Waals surface area contributed by atoms with Gasteiger partial charge in [-0.2, -0.15) is 10.1 Å². The Morgan fingerprint density at radius 1 is 1.08 bits per heavy atom. The molecule has 26 heavy (non-hydrogen) atoms. The van der Waals surface area contributed by atoms with E-state index in [4.69, 9.17) is 24.9 Å². The number of anilines is 2. The fraction of sp³-hybridized carbons (Fsp3) is 0.353. The second-order valence-corrected chi connectivity index (χ2v) is 6.25. The smallest absolute Gasteiger partial charge is 0.231 e. The number of nitrogens with zero attached hydrogens (tertiary/aromatic N) is 5. The highest BCUT2D eigenvalue weighted by molar-refractivity contribution is 5.99. The Labute approximate surface area is 149 Å². The van der Waals surface area contributed by atoms with Crippen molar-refractivity contribution in [3.63, 3.8) is 0 Å². The van der Waals surface area contributed by atoms with Crippen molar-refractivity contribution in [1.29, 1.82) is 0 Å². The number of rotatable bonds is 2. The molecule has 2 aliphatic heterocycles. The van der Waals surface area contributed by atoms with Crippen LogP contribution in [0.25, 0.3) is 22.3 Å². The molecule has 0 unspecified atom stereocenters. The molecular formula is C17H18N6O3. The Kier molecular flexibility index (Phi) is 3.35. The summed E-state index contributed by atoms with van der Waals surface area (Å²) in [5.74, 6) is 2.59. The van der Waals surface area contributed by atoms with Crippen LogP contribution >= 0.6 is 0 Å². The van der Waals surface area contributed by atoms with Gasteiger partial charge in [-0.3, -0.25) is 4.68 Å². The molecule has 0 amide bonds. The number of hydrogen-bond acceptors (Lipinski definition) is 8. The molecule has 2 N–H and O–H groups in total. The van der Waals surface area contributed by atoms with Crippen molar-refractivity contribution in [2.75, 3.05) is 43.7 Å². The van der Waals surface area contributed by atoms with Gasteiger partial charge in [-0.1, -0.05) is 0 Å². The van der Waals surface area contributed by atoms with Gasteiger partial charge in [-0.15, -0.1) is 0 Å². The molecule has 0 atom stereocenters. The van der Waals surface area contributed by atoms with Crippen LogP contribution in [-0.2, 0) is 11.8 Å². The fourth-order valence-electron chi connectivity index (χ4n) is 3.26. The van der Waals surface area contributed by atoms with E-state index in [0.717, 1.165) is 35.5 Å². The van der Waals surface area contributed by atoms with Crippen molar-refractivity contribution in [1.82, 2.24) is 19.7 Å². The number of ether oxygens (including phenoxy) is 3. The van der Waals surface area contributed by atoms with Gasteiger partial charge < -0.3 is 24.8 Å². The van der Waals surface area contributed by atoms with Gasteiger partial charge in [0.1, 0.15) is 5.82 Å². The number of aromatic nitrogens is 4. The summed E-state index contributed by atoms with van der Waals surface area (Å²) in [5, 5.41) is 5.19. The van der Waals surface area contributed by atoms with Crippen molar-refractivity contribution in [2.45, 2.75) is 0 Å². The van der Waals surface area contributed by atoms with Gasteiger partial charge >= 0.3 is 0 Å². The quantitative estimate of drug-likeness (QED) is 0.732. The maximum atomic E-state index is 6.25. The van der Waals surface area contributed by atoms with E-state index >= 15 is 0 Å². The molecule has 134 valence electrons. The maximum Gasteiger partial charge on any atom is 0.231 e. The summed E-state index contributed by atoms with van der Waals surface area (Å²) in [6, 6.07) is 5.75. The van der Waals surface area contributed by atoms with Crippen LogP contribution < -0.4 is 20.1 Å². The van der Waals surface area contributed by atoms with E-state index in [1.165, 1.54) is 0 Å². The SMILES string of the molecule is Cn1nc2nc(N3CCOCC3)nc(-c3ccc4c(c3)OCO4)c2c1N. The molecule has 0 bridgehead atoms. The van der Waals surface area contributed by atoms with E-state index in [9.17, 15) is 0 Å². The first kappa shape index (κ1) is 15.2. The minimum atomic E-state index is 0.228. The lowest BCUT2D eigenvalue weighted by Crippen LogP contribution is -2.37. The third kappa shape index (κ3) is 2.31. The standard InChI is InChI=1S/C17H18N6O3/c1-22-15(18)13-14(10-2-3-11-12(8-10)26-9-25-11)19-17(20-16(13)21-22)23-4-6-24-7-5-23/h2-3,8H,4-7,9,18H2,1H3. The lowest BCUT2D eigenvalue weighted by molar-refractivity contribution is 0.122. The van der Waals surface area contributed by atoms with Crippen LogP contribution in [0.1, 0.15) is 0 Å². The predicted molar refractivity (Wildman–Crippen MR) is 95.3 cm³/mol. The number of aryl methyl sites for hydroxylation is 1. The lowest BCUT2D eigenvalue weighted by atomic mass is 10.1. The number of hydrogen-bond donors (Lipinski definition) is 1. The van der Waals surface area contributed by atoms with Gasteiger partial charge in [0.2, 0.25) is 12.7 Å². The monoisotopic (exact) mass is 354 g/mol. The van der Waals surface area contributed by atoms with Gasteiger partial charge in [-0.25, -0.2) is 4.98 Å². The second kappa shape index (κ2) is 5.73. The fourth-order valence-corrected chi connectivity index (χ4v) is 3.26. The van der Waals surface area contributed by atoms with E-state index in [-0.39, 0.29) is 6.79 Å². The molecule has 2 aromatic heterocycles. The summed E-state index contributed by atoms with van der Waals surface area (Å²) in [5.41, 5.74) is 8.45. The van der Waals surface area contributed by atoms with Gasteiger partial charge in [0, 0.05) is 25.7 Å². The molecular weight excluding hydrogens is 336 g/mol. The van der Waals surface area contributed by atoms with Gasteiger partial charge in [-0.05, 0) is 18.2 Å². The van der Waals surface area contributed by atoms with Gasteiger partial charge in [0.15, 0.2) is 17.1 Å². The molecule has 0 spiro atoms.